The number of ether oxygens (including phenoxy) is 1. The van der Waals surface area contributed by atoms with Gasteiger partial charge in [-0.2, -0.15) is 0 Å². The molecule has 4 nitrogen and oxygen atoms in total. The average molecular weight is 211 g/mol. The van der Waals surface area contributed by atoms with Gasteiger partial charge >= 0.3 is 0 Å². The molecule has 86 valence electrons. The van der Waals surface area contributed by atoms with Crippen molar-refractivity contribution in [2.24, 2.45) is 5.73 Å². The number of piperidine rings is 1. The lowest BCUT2D eigenvalue weighted by atomic mass is 10.1. The highest BCUT2D eigenvalue weighted by Crippen LogP contribution is 2.19. The summed E-state index contributed by atoms with van der Waals surface area (Å²) in [6.07, 6.45) is 3.58. The van der Waals surface area contributed by atoms with E-state index in [1.54, 1.807) is 0 Å². The van der Waals surface area contributed by atoms with Crippen LogP contribution in [0.1, 0.15) is 19.3 Å². The van der Waals surface area contributed by atoms with Gasteiger partial charge < -0.3 is 20.7 Å². The second-order valence-corrected chi connectivity index (χ2v) is 4.50. The SMILES string of the molecule is CN1CCC(OC2=C(N)CNCC2)CC1. The van der Waals surface area contributed by atoms with Gasteiger partial charge in [-0.25, -0.2) is 0 Å². The Kier molecular flexibility index (Phi) is 3.49. The molecule has 0 bridgehead atoms. The van der Waals surface area contributed by atoms with Crippen molar-refractivity contribution in [3.63, 3.8) is 0 Å². The first kappa shape index (κ1) is 10.8. The van der Waals surface area contributed by atoms with Crippen LogP contribution in [0.5, 0.6) is 0 Å². The topological polar surface area (TPSA) is 50.5 Å². The van der Waals surface area contributed by atoms with Gasteiger partial charge in [-0.1, -0.05) is 0 Å². The molecule has 2 aliphatic rings. The molecule has 3 N–H and O–H groups in total. The van der Waals surface area contributed by atoms with E-state index in [0.717, 1.165) is 56.9 Å². The normalized spacial score (nSPS) is 25.7. The zero-order valence-corrected chi connectivity index (χ0v) is 9.46. The van der Waals surface area contributed by atoms with Crippen molar-refractivity contribution in [3.8, 4) is 0 Å². The second kappa shape index (κ2) is 4.86. The first-order chi connectivity index (χ1) is 7.25. The Hall–Kier alpha value is -0.740. The Morgan fingerprint density at radius 3 is 2.80 bits per heavy atom. The number of hydrogen-bond acceptors (Lipinski definition) is 4. The highest BCUT2D eigenvalue weighted by atomic mass is 16.5. The van der Waals surface area contributed by atoms with Gasteiger partial charge in [0.15, 0.2) is 0 Å². The maximum atomic E-state index is 5.98. The quantitative estimate of drug-likeness (QED) is 0.688. The minimum atomic E-state index is 0.382. The Labute approximate surface area is 91.5 Å². The van der Waals surface area contributed by atoms with E-state index in [4.69, 9.17) is 10.5 Å². The second-order valence-electron chi connectivity index (χ2n) is 4.50. The standard InChI is InChI=1S/C11H21N3O/c1-14-6-3-9(4-7-14)15-11-2-5-13-8-10(11)12/h9,13H,2-8,12H2,1H3. The maximum absolute atomic E-state index is 5.98. The van der Waals surface area contributed by atoms with Crippen molar-refractivity contribution in [2.75, 3.05) is 33.2 Å². The number of nitrogens with one attached hydrogen (secondary N) is 1. The molecule has 2 aliphatic heterocycles. The van der Waals surface area contributed by atoms with Crippen LogP contribution in [-0.4, -0.2) is 44.2 Å². The van der Waals surface area contributed by atoms with Crippen LogP contribution in [0.3, 0.4) is 0 Å². The van der Waals surface area contributed by atoms with Crippen molar-refractivity contribution < 1.29 is 4.74 Å². The van der Waals surface area contributed by atoms with Crippen molar-refractivity contribution in [1.29, 1.82) is 0 Å². The number of hydrogen-bond donors (Lipinski definition) is 2. The van der Waals surface area contributed by atoms with E-state index in [0.29, 0.717) is 6.10 Å². The predicted molar refractivity (Wildman–Crippen MR) is 60.3 cm³/mol. The van der Waals surface area contributed by atoms with E-state index in [1.165, 1.54) is 0 Å². The summed E-state index contributed by atoms with van der Waals surface area (Å²) in [6.45, 7) is 4.04. The molecular weight excluding hydrogens is 190 g/mol. The number of likely N-dealkylation sites (tertiary alicyclic amines) is 1. The smallest absolute Gasteiger partial charge is 0.118 e. The molecule has 0 unspecified atom stereocenters. The summed E-state index contributed by atoms with van der Waals surface area (Å²) in [5.74, 6) is 1.03. The molecule has 4 heteroatoms. The summed E-state index contributed by atoms with van der Waals surface area (Å²) in [4.78, 5) is 2.35. The molecule has 0 saturated carbocycles. The van der Waals surface area contributed by atoms with E-state index in [-0.39, 0.29) is 0 Å². The molecular formula is C11H21N3O. The van der Waals surface area contributed by atoms with E-state index in [2.05, 4.69) is 17.3 Å². The van der Waals surface area contributed by atoms with Crippen molar-refractivity contribution in [3.05, 3.63) is 11.5 Å². The van der Waals surface area contributed by atoms with Crippen LogP contribution >= 0.6 is 0 Å². The lowest BCUT2D eigenvalue weighted by Gasteiger charge is -2.31. The van der Waals surface area contributed by atoms with Crippen LogP contribution in [0.25, 0.3) is 0 Å². The molecule has 0 spiro atoms. The van der Waals surface area contributed by atoms with Crippen molar-refractivity contribution in [2.45, 2.75) is 25.4 Å². The van der Waals surface area contributed by atoms with Crippen LogP contribution < -0.4 is 11.1 Å². The Morgan fingerprint density at radius 2 is 2.13 bits per heavy atom. The zero-order valence-electron chi connectivity index (χ0n) is 9.46. The predicted octanol–water partition coefficient (Wildman–Crippen LogP) is 0.261. The van der Waals surface area contributed by atoms with Gasteiger partial charge in [0.05, 0.1) is 5.70 Å². The fraction of sp³-hybridized carbons (Fsp3) is 0.818. The largest absolute Gasteiger partial charge is 0.493 e. The monoisotopic (exact) mass is 211 g/mol. The Morgan fingerprint density at radius 1 is 1.40 bits per heavy atom. The van der Waals surface area contributed by atoms with E-state index >= 15 is 0 Å². The lowest BCUT2D eigenvalue weighted by Crippen LogP contribution is -2.36. The average Bonchev–Trinajstić information content (AvgIpc) is 2.25. The first-order valence-corrected chi connectivity index (χ1v) is 5.79. The van der Waals surface area contributed by atoms with Gasteiger partial charge in [0.2, 0.25) is 0 Å². The van der Waals surface area contributed by atoms with E-state index < -0.39 is 0 Å². The van der Waals surface area contributed by atoms with Crippen LogP contribution in [0.15, 0.2) is 11.5 Å². The molecule has 0 aromatic rings. The zero-order chi connectivity index (χ0) is 10.7. The van der Waals surface area contributed by atoms with Gasteiger partial charge in [-0.3, -0.25) is 0 Å². The lowest BCUT2D eigenvalue weighted by molar-refractivity contribution is 0.0503. The highest BCUT2D eigenvalue weighted by Gasteiger charge is 2.20. The Balaban J connectivity index is 1.86. The van der Waals surface area contributed by atoms with Gasteiger partial charge in [0, 0.05) is 32.6 Å². The molecule has 1 fully saturated rings. The molecule has 0 radical (unpaired) electrons. The summed E-state index contributed by atoms with van der Waals surface area (Å²) < 4.78 is 5.98. The van der Waals surface area contributed by atoms with E-state index in [1.807, 2.05) is 0 Å². The molecule has 0 aromatic carbocycles. The summed E-state index contributed by atoms with van der Waals surface area (Å²) in [5, 5.41) is 3.24. The first-order valence-electron chi connectivity index (χ1n) is 5.79. The Bertz CT molecular complexity index is 244. The summed E-state index contributed by atoms with van der Waals surface area (Å²) in [7, 11) is 2.16. The molecule has 15 heavy (non-hydrogen) atoms. The summed E-state index contributed by atoms with van der Waals surface area (Å²) in [6, 6.07) is 0. The van der Waals surface area contributed by atoms with Gasteiger partial charge in [0.1, 0.15) is 11.9 Å². The third-order valence-electron chi connectivity index (χ3n) is 3.18. The summed E-state index contributed by atoms with van der Waals surface area (Å²) >= 11 is 0. The van der Waals surface area contributed by atoms with Gasteiger partial charge in [0.25, 0.3) is 0 Å². The van der Waals surface area contributed by atoms with Crippen LogP contribution in [0.2, 0.25) is 0 Å². The third-order valence-corrected chi connectivity index (χ3v) is 3.18. The van der Waals surface area contributed by atoms with Crippen LogP contribution in [0.4, 0.5) is 0 Å². The van der Waals surface area contributed by atoms with Crippen molar-refractivity contribution in [1.82, 2.24) is 10.2 Å². The van der Waals surface area contributed by atoms with Crippen LogP contribution in [-0.2, 0) is 4.74 Å². The molecule has 1 saturated heterocycles. The number of rotatable bonds is 2. The fourth-order valence-electron chi connectivity index (χ4n) is 2.12. The third kappa shape index (κ3) is 2.86. The maximum Gasteiger partial charge on any atom is 0.118 e. The molecule has 0 aromatic heterocycles. The number of nitrogens with two attached hydrogens (primary N) is 1. The molecule has 2 rings (SSSR count). The summed E-state index contributed by atoms with van der Waals surface area (Å²) in [5.41, 5.74) is 6.79. The fourth-order valence-corrected chi connectivity index (χ4v) is 2.12. The van der Waals surface area contributed by atoms with Crippen LogP contribution in [0, 0.1) is 0 Å². The van der Waals surface area contributed by atoms with Gasteiger partial charge in [-0.05, 0) is 19.9 Å². The molecule has 2 heterocycles. The van der Waals surface area contributed by atoms with Gasteiger partial charge in [-0.15, -0.1) is 0 Å². The highest BCUT2D eigenvalue weighted by molar-refractivity contribution is 5.10. The van der Waals surface area contributed by atoms with E-state index in [9.17, 15) is 0 Å². The minimum Gasteiger partial charge on any atom is -0.493 e. The molecule has 0 aliphatic carbocycles. The number of nitrogens with zero attached hydrogens (tertiary/aromatic N) is 1. The molecule has 0 atom stereocenters. The molecule has 0 amide bonds. The van der Waals surface area contributed by atoms with Crippen molar-refractivity contribution >= 4 is 0 Å². The minimum absolute atomic E-state index is 0.382.